The summed E-state index contributed by atoms with van der Waals surface area (Å²) >= 11 is 0. The molecule has 1 rings (SSSR count). The molecule has 0 bridgehead atoms. The first-order chi connectivity index (χ1) is 7.29. The topological polar surface area (TPSA) is 12.0 Å². The first kappa shape index (κ1) is 14.0. The van der Waals surface area contributed by atoms with Gasteiger partial charge in [-0.15, -0.1) is 0 Å². The van der Waals surface area contributed by atoms with Gasteiger partial charge in [0.25, 0.3) is 0 Å². The second-order valence-corrected chi connectivity index (χ2v) is 7.45. The minimum absolute atomic E-state index is 0.285. The van der Waals surface area contributed by atoms with E-state index in [0.29, 0.717) is 5.41 Å². The van der Waals surface area contributed by atoms with Gasteiger partial charge >= 0.3 is 0 Å². The van der Waals surface area contributed by atoms with E-state index in [1.165, 1.54) is 44.9 Å². The van der Waals surface area contributed by atoms with Crippen molar-refractivity contribution in [3.8, 4) is 0 Å². The molecule has 16 heavy (non-hydrogen) atoms. The Labute approximate surface area is 102 Å². The predicted molar refractivity (Wildman–Crippen MR) is 72.8 cm³/mol. The molecule has 1 fully saturated rings. The Hall–Kier alpha value is -0.0400. The van der Waals surface area contributed by atoms with Crippen molar-refractivity contribution in [2.75, 3.05) is 0 Å². The van der Waals surface area contributed by atoms with Gasteiger partial charge in [-0.1, -0.05) is 46.5 Å². The van der Waals surface area contributed by atoms with Crippen LogP contribution < -0.4 is 5.32 Å². The molecule has 0 aromatic rings. The van der Waals surface area contributed by atoms with Crippen molar-refractivity contribution in [3.05, 3.63) is 0 Å². The monoisotopic (exact) mass is 225 g/mol. The largest absolute Gasteiger partial charge is 0.309 e. The molecule has 1 nitrogen and oxygen atoms in total. The highest BCUT2D eigenvalue weighted by molar-refractivity contribution is 4.87. The Morgan fingerprint density at radius 2 is 1.38 bits per heavy atom. The quantitative estimate of drug-likeness (QED) is 0.697. The van der Waals surface area contributed by atoms with E-state index >= 15 is 0 Å². The number of rotatable bonds is 3. The van der Waals surface area contributed by atoms with E-state index < -0.39 is 0 Å². The van der Waals surface area contributed by atoms with Crippen molar-refractivity contribution in [1.29, 1.82) is 0 Å². The van der Waals surface area contributed by atoms with Crippen LogP contribution in [0, 0.1) is 5.41 Å². The molecule has 1 aliphatic carbocycles. The summed E-state index contributed by atoms with van der Waals surface area (Å²) in [6.07, 6.45) is 9.74. The van der Waals surface area contributed by atoms with E-state index in [4.69, 9.17) is 0 Å². The van der Waals surface area contributed by atoms with Crippen molar-refractivity contribution in [1.82, 2.24) is 5.32 Å². The van der Waals surface area contributed by atoms with E-state index in [2.05, 4.69) is 39.9 Å². The van der Waals surface area contributed by atoms with E-state index in [-0.39, 0.29) is 5.54 Å². The third kappa shape index (κ3) is 5.89. The summed E-state index contributed by atoms with van der Waals surface area (Å²) in [5, 5.41) is 3.89. The van der Waals surface area contributed by atoms with Gasteiger partial charge < -0.3 is 5.32 Å². The molecule has 1 aliphatic rings. The van der Waals surface area contributed by atoms with E-state index in [1.54, 1.807) is 0 Å². The van der Waals surface area contributed by atoms with Gasteiger partial charge in [-0.05, 0) is 38.5 Å². The van der Waals surface area contributed by atoms with Crippen LogP contribution >= 0.6 is 0 Å². The molecule has 1 heteroatoms. The fraction of sp³-hybridized carbons (Fsp3) is 1.00. The summed E-state index contributed by atoms with van der Waals surface area (Å²) in [7, 11) is 0. The van der Waals surface area contributed by atoms with E-state index in [0.717, 1.165) is 6.04 Å². The first-order valence-corrected chi connectivity index (χ1v) is 7.06. The highest BCUT2D eigenvalue weighted by atomic mass is 15.0. The van der Waals surface area contributed by atoms with Gasteiger partial charge in [-0.25, -0.2) is 0 Å². The Balaban J connectivity index is 2.43. The van der Waals surface area contributed by atoms with E-state index in [1.807, 2.05) is 0 Å². The zero-order valence-electron chi connectivity index (χ0n) is 12.0. The van der Waals surface area contributed by atoms with Gasteiger partial charge in [0.2, 0.25) is 0 Å². The van der Waals surface area contributed by atoms with Crippen LogP contribution in [0.3, 0.4) is 0 Å². The molecule has 0 unspecified atom stereocenters. The van der Waals surface area contributed by atoms with Gasteiger partial charge in [-0.2, -0.15) is 0 Å². The molecule has 0 radical (unpaired) electrons. The lowest BCUT2D eigenvalue weighted by Gasteiger charge is -2.36. The molecule has 0 atom stereocenters. The van der Waals surface area contributed by atoms with Crippen LogP contribution in [-0.2, 0) is 0 Å². The Bertz CT molecular complexity index is 192. The second-order valence-electron chi connectivity index (χ2n) is 7.45. The maximum atomic E-state index is 3.89. The minimum Gasteiger partial charge on any atom is -0.309 e. The van der Waals surface area contributed by atoms with Crippen molar-refractivity contribution >= 4 is 0 Å². The lowest BCUT2D eigenvalue weighted by atomic mass is 9.81. The molecular weight excluding hydrogens is 194 g/mol. The summed E-state index contributed by atoms with van der Waals surface area (Å²) in [6.45, 7) is 11.7. The highest BCUT2D eigenvalue weighted by Crippen LogP contribution is 2.28. The average Bonchev–Trinajstić information content (AvgIpc) is 2.26. The van der Waals surface area contributed by atoms with Crippen molar-refractivity contribution in [3.63, 3.8) is 0 Å². The van der Waals surface area contributed by atoms with Crippen LogP contribution in [0.15, 0.2) is 0 Å². The van der Waals surface area contributed by atoms with Crippen LogP contribution in [0.5, 0.6) is 0 Å². The van der Waals surface area contributed by atoms with Gasteiger partial charge in [0.05, 0.1) is 0 Å². The summed E-state index contributed by atoms with van der Waals surface area (Å²) in [5.74, 6) is 0. The highest BCUT2D eigenvalue weighted by Gasteiger charge is 2.27. The Morgan fingerprint density at radius 3 is 1.81 bits per heavy atom. The number of nitrogens with one attached hydrogen (secondary N) is 1. The molecule has 0 aromatic heterocycles. The minimum atomic E-state index is 0.285. The molecule has 0 amide bonds. The summed E-state index contributed by atoms with van der Waals surface area (Å²) in [5.41, 5.74) is 0.703. The van der Waals surface area contributed by atoms with Crippen LogP contribution in [0.2, 0.25) is 0 Å². The van der Waals surface area contributed by atoms with Crippen LogP contribution in [-0.4, -0.2) is 11.6 Å². The van der Waals surface area contributed by atoms with Crippen LogP contribution in [0.4, 0.5) is 0 Å². The van der Waals surface area contributed by atoms with E-state index in [9.17, 15) is 0 Å². The van der Waals surface area contributed by atoms with Crippen LogP contribution in [0.1, 0.15) is 79.6 Å². The van der Waals surface area contributed by atoms with Crippen LogP contribution in [0.25, 0.3) is 0 Å². The third-order valence-corrected chi connectivity index (χ3v) is 3.42. The maximum absolute atomic E-state index is 3.89. The average molecular weight is 225 g/mol. The zero-order valence-corrected chi connectivity index (χ0v) is 12.0. The molecule has 0 saturated heterocycles. The second kappa shape index (κ2) is 5.53. The first-order valence-electron chi connectivity index (χ1n) is 7.06. The molecular formula is C15H31N. The van der Waals surface area contributed by atoms with Gasteiger partial charge in [0.15, 0.2) is 0 Å². The Morgan fingerprint density at radius 1 is 0.875 bits per heavy atom. The summed E-state index contributed by atoms with van der Waals surface area (Å²) in [6, 6.07) is 0.764. The number of hydrogen-bond donors (Lipinski definition) is 1. The standard InChI is InChI=1S/C15H31N/c1-14(2,3)12-15(4,5)16-13-10-8-6-7-9-11-13/h13,16H,6-12H2,1-5H3. The summed E-state index contributed by atoms with van der Waals surface area (Å²) < 4.78 is 0. The number of hydrogen-bond acceptors (Lipinski definition) is 1. The normalized spacial score (nSPS) is 20.8. The maximum Gasteiger partial charge on any atom is 0.0132 e. The predicted octanol–water partition coefficient (Wildman–Crippen LogP) is 4.51. The molecule has 96 valence electrons. The van der Waals surface area contributed by atoms with Crippen molar-refractivity contribution in [2.24, 2.45) is 5.41 Å². The fourth-order valence-corrected chi connectivity index (χ4v) is 3.35. The molecule has 0 aromatic carbocycles. The molecule has 0 aliphatic heterocycles. The molecule has 0 spiro atoms. The fourth-order valence-electron chi connectivity index (χ4n) is 3.35. The molecule has 1 N–H and O–H groups in total. The smallest absolute Gasteiger partial charge is 0.0132 e. The Kier molecular flexibility index (Phi) is 4.85. The van der Waals surface area contributed by atoms with Gasteiger partial charge in [0.1, 0.15) is 0 Å². The SMILES string of the molecule is CC(C)(C)CC(C)(C)NC1CCCCCC1. The van der Waals surface area contributed by atoms with Crippen molar-refractivity contribution in [2.45, 2.75) is 91.1 Å². The lowest BCUT2D eigenvalue weighted by molar-refractivity contribution is 0.215. The molecule has 0 heterocycles. The third-order valence-electron chi connectivity index (χ3n) is 3.42. The summed E-state index contributed by atoms with van der Waals surface area (Å²) in [4.78, 5) is 0. The van der Waals surface area contributed by atoms with Gasteiger partial charge in [-0.3, -0.25) is 0 Å². The zero-order chi connectivity index (χ0) is 12.2. The lowest BCUT2D eigenvalue weighted by Crippen LogP contribution is -2.47. The van der Waals surface area contributed by atoms with Crippen molar-refractivity contribution < 1.29 is 0 Å². The van der Waals surface area contributed by atoms with Gasteiger partial charge in [0, 0.05) is 11.6 Å². The molecule has 1 saturated carbocycles.